The van der Waals surface area contributed by atoms with Gasteiger partial charge in [-0.15, -0.1) is 0 Å². The van der Waals surface area contributed by atoms with E-state index in [0.29, 0.717) is 0 Å². The number of amides is 5. The van der Waals surface area contributed by atoms with E-state index in [2.05, 4.69) is 42.5 Å². The lowest BCUT2D eigenvalue weighted by molar-refractivity contribution is -0.126. The van der Waals surface area contributed by atoms with Crippen LogP contribution in [0.5, 0.6) is 0 Å². The van der Waals surface area contributed by atoms with E-state index in [0.717, 1.165) is 4.90 Å². The third kappa shape index (κ3) is 6.58. The Morgan fingerprint density at radius 2 is 1.68 bits per heavy atom. The Kier molecular flexibility index (Phi) is 11.5. The van der Waals surface area contributed by atoms with Crippen LogP contribution in [0.25, 0.3) is 0 Å². The summed E-state index contributed by atoms with van der Waals surface area (Å²) in [6.45, 7) is 1.71. The smallest absolute Gasteiger partial charge is 0.326 e. The Labute approximate surface area is 137 Å². The second-order valence-electron chi connectivity index (χ2n) is 3.92. The van der Waals surface area contributed by atoms with E-state index in [1.807, 2.05) is 0 Å². The second-order valence-corrected chi connectivity index (χ2v) is 3.92. The molecule has 0 bridgehead atoms. The van der Waals surface area contributed by atoms with Gasteiger partial charge in [-0.2, -0.15) is 0 Å². The van der Waals surface area contributed by atoms with Crippen LogP contribution in [-0.2, 0) is 4.79 Å². The van der Waals surface area contributed by atoms with Gasteiger partial charge in [-0.05, 0) is 6.92 Å². The van der Waals surface area contributed by atoms with Crippen molar-refractivity contribution in [1.82, 2.24) is 20.0 Å². The van der Waals surface area contributed by atoms with Crippen molar-refractivity contribution in [3.63, 3.8) is 0 Å². The van der Waals surface area contributed by atoms with Crippen molar-refractivity contribution in [3.05, 3.63) is 0 Å². The number of rotatable bonds is 0. The standard InChI is InChI=1S/C6H10N2O2.C4H10N2O.I2/c1-4-5(9)8(3)6(10)7(4)2;1-5-4(7)6(2)3;1-2/h4H,1-3H3;1-3H3,(H,5,7);. The SMILES string of the molecule is CC1C(=O)N(C)C(=O)N1C.CNC(=O)N(C)C.II. The van der Waals surface area contributed by atoms with Crippen LogP contribution in [0, 0.1) is 0 Å². The molecular formula is C10H20I2N4O3. The van der Waals surface area contributed by atoms with Crippen LogP contribution in [0.15, 0.2) is 0 Å². The van der Waals surface area contributed by atoms with Crippen molar-refractivity contribution in [1.29, 1.82) is 0 Å². The van der Waals surface area contributed by atoms with E-state index in [-0.39, 0.29) is 24.0 Å². The monoisotopic (exact) mass is 498 g/mol. The van der Waals surface area contributed by atoms with Gasteiger partial charge in [-0.1, -0.05) is 0 Å². The Morgan fingerprint density at radius 1 is 1.26 bits per heavy atom. The number of urea groups is 2. The quantitative estimate of drug-likeness (QED) is 0.408. The van der Waals surface area contributed by atoms with Gasteiger partial charge in [0.05, 0.1) is 0 Å². The first-order chi connectivity index (χ1) is 8.73. The molecule has 0 aromatic rings. The number of carbonyl (C=O) groups excluding carboxylic acids is 3. The molecule has 9 heteroatoms. The summed E-state index contributed by atoms with van der Waals surface area (Å²) in [4.78, 5) is 36.3. The normalized spacial score (nSPS) is 17.2. The summed E-state index contributed by atoms with van der Waals surface area (Å²) < 4.78 is 0. The number of hydrogen-bond acceptors (Lipinski definition) is 3. The number of likely N-dealkylation sites (N-methyl/N-ethyl adjacent to an activating group) is 2. The predicted molar refractivity (Wildman–Crippen MR) is 91.6 cm³/mol. The third-order valence-corrected chi connectivity index (χ3v) is 2.48. The topological polar surface area (TPSA) is 73.0 Å². The maximum Gasteiger partial charge on any atom is 0.326 e. The fraction of sp³-hybridized carbons (Fsp3) is 0.700. The molecular weight excluding hydrogens is 478 g/mol. The van der Waals surface area contributed by atoms with Crippen molar-refractivity contribution in [2.45, 2.75) is 13.0 Å². The maximum absolute atomic E-state index is 11.0. The summed E-state index contributed by atoms with van der Waals surface area (Å²) >= 11 is 4.24. The van der Waals surface area contributed by atoms with E-state index >= 15 is 0 Å². The molecule has 0 radical (unpaired) electrons. The predicted octanol–water partition coefficient (Wildman–Crippen LogP) is 1.56. The van der Waals surface area contributed by atoms with Gasteiger partial charge in [0.1, 0.15) is 6.04 Å². The summed E-state index contributed by atoms with van der Waals surface area (Å²) in [7, 11) is 8.10. The molecule has 19 heavy (non-hydrogen) atoms. The molecule has 1 heterocycles. The van der Waals surface area contributed by atoms with Crippen molar-refractivity contribution in [2.24, 2.45) is 0 Å². The zero-order chi connectivity index (χ0) is 15.7. The molecule has 1 N–H and O–H groups in total. The highest BCUT2D eigenvalue weighted by Crippen LogP contribution is 2.11. The Morgan fingerprint density at radius 3 is 1.74 bits per heavy atom. The first-order valence-corrected chi connectivity index (χ1v) is 11.6. The number of carbonyl (C=O) groups is 3. The van der Waals surface area contributed by atoms with Gasteiger partial charge in [-0.3, -0.25) is 9.69 Å². The first-order valence-electron chi connectivity index (χ1n) is 5.31. The van der Waals surface area contributed by atoms with Gasteiger partial charge in [-0.25, -0.2) is 9.59 Å². The molecule has 0 aromatic heterocycles. The number of imide groups is 1. The number of halogens is 2. The number of nitrogens with zero attached hydrogens (tertiary/aromatic N) is 3. The van der Waals surface area contributed by atoms with Crippen LogP contribution < -0.4 is 5.32 Å². The molecule has 1 aliphatic rings. The average molecular weight is 498 g/mol. The molecule has 5 amide bonds. The Hall–Kier alpha value is -0.330. The average Bonchev–Trinajstić information content (AvgIpc) is 2.59. The lowest BCUT2D eigenvalue weighted by atomic mass is 10.3. The molecule has 1 rings (SSSR count). The minimum Gasteiger partial charge on any atom is -0.341 e. The molecule has 1 aliphatic heterocycles. The van der Waals surface area contributed by atoms with Crippen LogP contribution in [-0.4, -0.2) is 73.9 Å². The summed E-state index contributed by atoms with van der Waals surface area (Å²) in [5.74, 6) is -0.132. The molecule has 112 valence electrons. The third-order valence-electron chi connectivity index (χ3n) is 2.48. The summed E-state index contributed by atoms with van der Waals surface area (Å²) in [6, 6.07) is -0.588. The second kappa shape index (κ2) is 10.5. The maximum atomic E-state index is 11.0. The van der Waals surface area contributed by atoms with E-state index in [4.69, 9.17) is 0 Å². The molecule has 1 fully saturated rings. The van der Waals surface area contributed by atoms with Gasteiger partial charge in [0.2, 0.25) is 0 Å². The molecule has 0 saturated carbocycles. The highest BCUT2D eigenvalue weighted by Gasteiger charge is 2.37. The fourth-order valence-corrected chi connectivity index (χ4v) is 1.17. The van der Waals surface area contributed by atoms with Gasteiger partial charge >= 0.3 is 12.1 Å². The molecule has 0 aliphatic carbocycles. The molecule has 1 unspecified atom stereocenters. The zero-order valence-corrected chi connectivity index (χ0v) is 16.2. The number of nitrogens with one attached hydrogen (secondary N) is 1. The largest absolute Gasteiger partial charge is 0.341 e. The van der Waals surface area contributed by atoms with Crippen LogP contribution in [0.4, 0.5) is 9.59 Å². The minimum atomic E-state index is -0.294. The lowest BCUT2D eigenvalue weighted by Gasteiger charge is -2.09. The molecule has 1 saturated heterocycles. The Bertz CT molecular complexity index is 306. The molecule has 0 spiro atoms. The van der Waals surface area contributed by atoms with Gasteiger partial charge in [0.15, 0.2) is 0 Å². The van der Waals surface area contributed by atoms with E-state index < -0.39 is 0 Å². The summed E-state index contributed by atoms with van der Waals surface area (Å²) in [5.41, 5.74) is 0. The van der Waals surface area contributed by atoms with Crippen LogP contribution in [0.1, 0.15) is 6.92 Å². The minimum absolute atomic E-state index is 0.0694. The van der Waals surface area contributed by atoms with E-state index in [1.165, 1.54) is 16.8 Å². The molecule has 1 atom stereocenters. The van der Waals surface area contributed by atoms with Gasteiger partial charge in [0.25, 0.3) is 5.91 Å². The summed E-state index contributed by atoms with van der Waals surface area (Å²) in [6.07, 6.45) is 0. The molecule has 7 nitrogen and oxygen atoms in total. The van der Waals surface area contributed by atoms with Gasteiger partial charge < -0.3 is 15.1 Å². The Balaban J connectivity index is 0. The number of hydrogen-bond donors (Lipinski definition) is 1. The van der Waals surface area contributed by atoms with Crippen LogP contribution >= 0.6 is 37.2 Å². The molecule has 0 aromatic carbocycles. The lowest BCUT2D eigenvalue weighted by Crippen LogP contribution is -2.31. The zero-order valence-electron chi connectivity index (χ0n) is 11.9. The highest BCUT2D eigenvalue weighted by atomic mass is 128. The van der Waals surface area contributed by atoms with E-state index in [1.54, 1.807) is 35.1 Å². The fourth-order valence-electron chi connectivity index (χ4n) is 1.17. The van der Waals surface area contributed by atoms with Crippen LogP contribution in [0.3, 0.4) is 0 Å². The van der Waals surface area contributed by atoms with Gasteiger partial charge in [0, 0.05) is 72.5 Å². The van der Waals surface area contributed by atoms with Crippen molar-refractivity contribution in [2.75, 3.05) is 35.2 Å². The van der Waals surface area contributed by atoms with Crippen molar-refractivity contribution < 1.29 is 14.4 Å². The van der Waals surface area contributed by atoms with Crippen molar-refractivity contribution in [3.8, 4) is 0 Å². The first kappa shape index (κ1) is 21.0. The van der Waals surface area contributed by atoms with Crippen molar-refractivity contribution >= 4 is 55.2 Å². The van der Waals surface area contributed by atoms with Crippen LogP contribution in [0.2, 0.25) is 0 Å². The highest BCUT2D eigenvalue weighted by molar-refractivity contribution is 15.0. The van der Waals surface area contributed by atoms with E-state index in [9.17, 15) is 14.4 Å². The summed E-state index contributed by atoms with van der Waals surface area (Å²) in [5, 5.41) is 2.45.